The van der Waals surface area contributed by atoms with Crippen molar-refractivity contribution in [2.45, 2.75) is 25.2 Å². The molecule has 4 heteroatoms. The van der Waals surface area contributed by atoms with Crippen molar-refractivity contribution in [2.75, 3.05) is 0 Å². The Morgan fingerprint density at radius 1 is 1.44 bits per heavy atom. The van der Waals surface area contributed by atoms with Gasteiger partial charge in [0.15, 0.2) is 0 Å². The minimum Gasteiger partial charge on any atom is -0.239 e. The molecule has 0 N–H and O–H groups in total. The lowest BCUT2D eigenvalue weighted by Gasteiger charge is -2.03. The molecule has 0 unspecified atom stereocenters. The predicted molar refractivity (Wildman–Crippen MR) is 76.5 cm³/mol. The first-order valence-corrected chi connectivity index (χ1v) is 7.46. The Morgan fingerprint density at radius 3 is 2.89 bits per heavy atom. The summed E-state index contributed by atoms with van der Waals surface area (Å²) in [6.07, 6.45) is 1.90. The average Bonchev–Trinajstić information content (AvgIpc) is 3.02. The molecule has 0 spiro atoms. The number of aryl methyl sites for hydroxylation is 1. The van der Waals surface area contributed by atoms with Gasteiger partial charge in [-0.15, -0.1) is 11.3 Å². The van der Waals surface area contributed by atoms with Crippen LogP contribution >= 0.6 is 27.3 Å². The molecular weight excluding hydrogens is 308 g/mol. The molecule has 0 atom stereocenters. The maximum Gasteiger partial charge on any atom is 0.123 e. The molecule has 3 rings (SSSR count). The summed E-state index contributed by atoms with van der Waals surface area (Å²) in [5.41, 5.74) is 3.02. The first-order chi connectivity index (χ1) is 8.64. The largest absolute Gasteiger partial charge is 0.239 e. The van der Waals surface area contributed by atoms with Crippen LogP contribution in [0.1, 0.15) is 24.1 Å². The van der Waals surface area contributed by atoms with Crippen LogP contribution in [-0.4, -0.2) is 4.98 Å². The lowest BCUT2D eigenvalue weighted by molar-refractivity contribution is 0.868. The van der Waals surface area contributed by atoms with Gasteiger partial charge in [-0.1, -0.05) is 22.0 Å². The average molecular weight is 319 g/mol. The standard InChI is InChI=1S/C14H11BrN2S/c1-9-2-3-10(15)6-11(9)13-17-12(7-18-13)14(8-16)4-5-14/h2-3,6-7H,4-5H2,1H3. The van der Waals surface area contributed by atoms with Gasteiger partial charge in [-0.2, -0.15) is 5.26 Å². The van der Waals surface area contributed by atoms with Gasteiger partial charge in [0.2, 0.25) is 0 Å². The van der Waals surface area contributed by atoms with Crippen molar-refractivity contribution in [3.63, 3.8) is 0 Å². The first kappa shape index (κ1) is 11.9. The molecule has 0 saturated heterocycles. The van der Waals surface area contributed by atoms with Gasteiger partial charge in [0.25, 0.3) is 0 Å². The Kier molecular flexibility index (Phi) is 2.76. The predicted octanol–water partition coefficient (Wildman–Crippen LogP) is 4.44. The van der Waals surface area contributed by atoms with Crippen LogP contribution in [-0.2, 0) is 5.41 Å². The summed E-state index contributed by atoms with van der Waals surface area (Å²) in [6.45, 7) is 2.08. The quantitative estimate of drug-likeness (QED) is 0.821. The molecule has 2 aromatic rings. The van der Waals surface area contributed by atoms with Crippen LogP contribution in [0.2, 0.25) is 0 Å². The van der Waals surface area contributed by atoms with Crippen molar-refractivity contribution in [1.29, 1.82) is 5.26 Å². The summed E-state index contributed by atoms with van der Waals surface area (Å²) in [6, 6.07) is 8.60. The monoisotopic (exact) mass is 318 g/mol. The van der Waals surface area contributed by atoms with E-state index in [1.807, 2.05) is 11.4 Å². The molecule has 1 aromatic heterocycles. The molecule has 1 fully saturated rings. The zero-order valence-electron chi connectivity index (χ0n) is 9.90. The van der Waals surface area contributed by atoms with Gasteiger partial charge >= 0.3 is 0 Å². The summed E-state index contributed by atoms with van der Waals surface area (Å²) < 4.78 is 1.06. The molecule has 1 aliphatic rings. The van der Waals surface area contributed by atoms with Crippen LogP contribution in [0.4, 0.5) is 0 Å². The molecule has 2 nitrogen and oxygen atoms in total. The molecule has 1 saturated carbocycles. The van der Waals surface area contributed by atoms with Crippen LogP contribution in [0.3, 0.4) is 0 Å². The second kappa shape index (κ2) is 4.18. The van der Waals surface area contributed by atoms with Crippen LogP contribution < -0.4 is 0 Å². The van der Waals surface area contributed by atoms with Gasteiger partial charge in [-0.25, -0.2) is 4.98 Å². The number of aromatic nitrogens is 1. The Balaban J connectivity index is 2.04. The molecule has 1 aliphatic carbocycles. The zero-order chi connectivity index (χ0) is 12.8. The maximum atomic E-state index is 9.20. The zero-order valence-corrected chi connectivity index (χ0v) is 12.3. The number of halogens is 1. The second-order valence-electron chi connectivity index (χ2n) is 4.69. The lowest BCUT2D eigenvalue weighted by atomic mass is 10.1. The molecule has 0 radical (unpaired) electrons. The summed E-state index contributed by atoms with van der Waals surface area (Å²) >= 11 is 5.12. The number of hydrogen-bond acceptors (Lipinski definition) is 3. The van der Waals surface area contributed by atoms with E-state index in [-0.39, 0.29) is 5.41 Å². The molecule has 0 amide bonds. The molecule has 18 heavy (non-hydrogen) atoms. The van der Waals surface area contributed by atoms with Crippen molar-refractivity contribution >= 4 is 27.3 Å². The van der Waals surface area contributed by atoms with E-state index < -0.39 is 0 Å². The third kappa shape index (κ3) is 1.88. The number of thiazole rings is 1. The van der Waals surface area contributed by atoms with Crippen molar-refractivity contribution in [3.05, 3.63) is 39.3 Å². The Labute approximate surface area is 118 Å². The van der Waals surface area contributed by atoms with E-state index in [9.17, 15) is 5.26 Å². The highest BCUT2D eigenvalue weighted by Gasteiger charge is 2.47. The van der Waals surface area contributed by atoms with Gasteiger partial charge in [-0.3, -0.25) is 0 Å². The molecule has 1 aromatic carbocycles. The second-order valence-corrected chi connectivity index (χ2v) is 6.46. The third-order valence-corrected chi connectivity index (χ3v) is 4.76. The molecular formula is C14H11BrN2S. The first-order valence-electron chi connectivity index (χ1n) is 5.78. The molecule has 0 bridgehead atoms. The van der Waals surface area contributed by atoms with Gasteiger partial charge in [0.05, 0.1) is 11.8 Å². The number of nitrogens with zero attached hydrogens (tertiary/aromatic N) is 2. The molecule has 90 valence electrons. The molecule has 1 heterocycles. The van der Waals surface area contributed by atoms with E-state index in [4.69, 9.17) is 0 Å². The summed E-state index contributed by atoms with van der Waals surface area (Å²) in [5.74, 6) is 0. The highest BCUT2D eigenvalue weighted by atomic mass is 79.9. The van der Waals surface area contributed by atoms with Gasteiger partial charge in [0, 0.05) is 15.4 Å². The number of rotatable bonds is 2. The third-order valence-electron chi connectivity index (χ3n) is 3.39. The normalized spacial score (nSPS) is 16.3. The minimum atomic E-state index is -0.283. The molecule has 0 aliphatic heterocycles. The SMILES string of the molecule is Cc1ccc(Br)cc1-c1nc(C2(C#N)CC2)cs1. The van der Waals surface area contributed by atoms with E-state index in [2.05, 4.69) is 46.0 Å². The fraction of sp³-hybridized carbons (Fsp3) is 0.286. The van der Waals surface area contributed by atoms with Gasteiger partial charge in [-0.05, 0) is 37.5 Å². The number of benzene rings is 1. The van der Waals surface area contributed by atoms with Crippen molar-refractivity contribution < 1.29 is 0 Å². The van der Waals surface area contributed by atoms with Crippen LogP contribution in [0.15, 0.2) is 28.1 Å². The van der Waals surface area contributed by atoms with Crippen LogP contribution in [0.5, 0.6) is 0 Å². The summed E-state index contributed by atoms with van der Waals surface area (Å²) in [4.78, 5) is 4.66. The smallest absolute Gasteiger partial charge is 0.123 e. The fourth-order valence-electron chi connectivity index (χ4n) is 1.99. The van der Waals surface area contributed by atoms with Crippen molar-refractivity contribution in [3.8, 4) is 16.6 Å². The van der Waals surface area contributed by atoms with Crippen LogP contribution in [0, 0.1) is 18.3 Å². The number of hydrogen-bond donors (Lipinski definition) is 0. The van der Waals surface area contributed by atoms with Crippen LogP contribution in [0.25, 0.3) is 10.6 Å². The Morgan fingerprint density at radius 2 is 2.22 bits per heavy atom. The fourth-order valence-corrected chi connectivity index (χ4v) is 3.35. The van der Waals surface area contributed by atoms with E-state index in [1.165, 1.54) is 5.56 Å². The Hall–Kier alpha value is -1.18. The van der Waals surface area contributed by atoms with E-state index in [0.717, 1.165) is 33.6 Å². The summed E-state index contributed by atoms with van der Waals surface area (Å²) in [5, 5.41) is 12.2. The Bertz CT molecular complexity index is 650. The highest BCUT2D eigenvalue weighted by molar-refractivity contribution is 9.10. The minimum absolute atomic E-state index is 0.283. The lowest BCUT2D eigenvalue weighted by Crippen LogP contribution is -2.02. The number of nitriles is 1. The highest BCUT2D eigenvalue weighted by Crippen LogP contribution is 2.48. The summed E-state index contributed by atoms with van der Waals surface area (Å²) in [7, 11) is 0. The van der Waals surface area contributed by atoms with E-state index in [0.29, 0.717) is 0 Å². The maximum absolute atomic E-state index is 9.20. The van der Waals surface area contributed by atoms with E-state index >= 15 is 0 Å². The van der Waals surface area contributed by atoms with Gasteiger partial charge < -0.3 is 0 Å². The van der Waals surface area contributed by atoms with Crippen molar-refractivity contribution in [2.24, 2.45) is 0 Å². The van der Waals surface area contributed by atoms with E-state index in [1.54, 1.807) is 11.3 Å². The topological polar surface area (TPSA) is 36.7 Å². The van der Waals surface area contributed by atoms with Crippen molar-refractivity contribution in [1.82, 2.24) is 4.98 Å². The van der Waals surface area contributed by atoms with Gasteiger partial charge in [0.1, 0.15) is 10.4 Å².